The van der Waals surface area contributed by atoms with Gasteiger partial charge in [0.2, 0.25) is 0 Å². The van der Waals surface area contributed by atoms with Crippen molar-refractivity contribution in [1.82, 2.24) is 0 Å². The molecule has 22 N–H and O–H groups in total. The average Bonchev–Trinajstić information content (AvgIpc) is 0.764. The van der Waals surface area contributed by atoms with E-state index in [0.29, 0.717) is 12.8 Å². The van der Waals surface area contributed by atoms with Crippen molar-refractivity contribution in [2.45, 2.75) is 287 Å². The number of ether oxygens (including phenoxy) is 11. The second-order valence-electron chi connectivity index (χ2n) is 24.6. The molecular weight excluding hydrogens is 1320 g/mol. The van der Waals surface area contributed by atoms with Crippen molar-refractivity contribution < 1.29 is 183 Å². The number of aliphatic hydroxyl groups is 21. The number of phosphoric ester groups is 1. The lowest BCUT2D eigenvalue weighted by Crippen LogP contribution is -2.69. The fourth-order valence-electron chi connectivity index (χ4n) is 11.3. The molecule has 6 fully saturated rings. The summed E-state index contributed by atoms with van der Waals surface area (Å²) in [6.07, 6.45) is -45.9. The third kappa shape index (κ3) is 22.7. The minimum atomic E-state index is -5.73. The molecule has 1 aliphatic carbocycles. The molecule has 1 saturated carbocycles. The fraction of sp³-hybridized carbons (Fsp3) is 0.914. The van der Waals surface area contributed by atoms with E-state index in [9.17, 15) is 121 Å². The molecule has 0 radical (unpaired) electrons. The molecule has 0 bridgehead atoms. The lowest BCUT2D eigenvalue weighted by molar-refractivity contribution is -0.365. The van der Waals surface area contributed by atoms with Crippen LogP contribution in [0.3, 0.4) is 0 Å². The highest BCUT2D eigenvalue weighted by molar-refractivity contribution is 7.47. The van der Waals surface area contributed by atoms with Gasteiger partial charge in [-0.15, -0.1) is 0 Å². The van der Waals surface area contributed by atoms with Crippen LogP contribution in [0.15, 0.2) is 24.3 Å². The van der Waals surface area contributed by atoms with Gasteiger partial charge < -0.3 is 164 Å². The van der Waals surface area contributed by atoms with Crippen LogP contribution in [-0.2, 0) is 70.5 Å². The van der Waals surface area contributed by atoms with Gasteiger partial charge in [-0.2, -0.15) is 0 Å². The minimum Gasteiger partial charge on any atom is -0.463 e. The van der Waals surface area contributed by atoms with Crippen LogP contribution in [0.4, 0.5) is 0 Å². The molecule has 37 nitrogen and oxygen atoms in total. The zero-order chi connectivity index (χ0) is 70.7. The number of phosphoric acid groups is 1. The highest BCUT2D eigenvalue weighted by Crippen LogP contribution is 2.49. The Labute approximate surface area is 552 Å². The number of rotatable bonds is 37. The van der Waals surface area contributed by atoms with E-state index in [2.05, 4.69) is 31.2 Å². The molecule has 14 unspecified atom stereocenters. The highest BCUT2D eigenvalue weighted by atomic mass is 31.2. The molecule has 0 aromatic rings. The van der Waals surface area contributed by atoms with Gasteiger partial charge in [0.15, 0.2) is 31.5 Å². The van der Waals surface area contributed by atoms with E-state index in [1.54, 1.807) is 0 Å². The zero-order valence-electron chi connectivity index (χ0n) is 52.8. The first-order valence-electron chi connectivity index (χ1n) is 32.3. The fourth-order valence-corrected chi connectivity index (χ4v) is 12.3. The topological polar surface area (TPSA) is 599 Å². The van der Waals surface area contributed by atoms with Gasteiger partial charge in [0, 0.05) is 6.42 Å². The molecule has 0 spiro atoms. The third-order valence-electron chi connectivity index (χ3n) is 17.3. The first kappa shape index (κ1) is 82.8. The Morgan fingerprint density at radius 3 is 1.18 bits per heavy atom. The van der Waals surface area contributed by atoms with E-state index >= 15 is 0 Å². The number of aliphatic hydroxyl groups excluding tert-OH is 21. The van der Waals surface area contributed by atoms with Crippen molar-refractivity contribution in [3.8, 4) is 0 Å². The molecule has 33 atom stereocenters. The van der Waals surface area contributed by atoms with Crippen LogP contribution in [0.25, 0.3) is 0 Å². The normalized spacial score (nSPS) is 42.8. The predicted octanol–water partition coefficient (Wildman–Crippen LogP) is -8.46. The van der Waals surface area contributed by atoms with E-state index in [-0.39, 0.29) is 6.42 Å². The van der Waals surface area contributed by atoms with E-state index in [1.165, 1.54) is 25.7 Å². The molecule has 560 valence electrons. The summed E-state index contributed by atoms with van der Waals surface area (Å²) < 4.78 is 84.8. The summed E-state index contributed by atoms with van der Waals surface area (Å²) in [6.45, 7) is -4.18. The summed E-state index contributed by atoms with van der Waals surface area (Å²) in [5, 5.41) is 225. The number of carbonyl (C=O) groups excluding carboxylic acids is 1. The van der Waals surface area contributed by atoms with Gasteiger partial charge in [0.1, 0.15) is 171 Å². The van der Waals surface area contributed by atoms with E-state index in [0.717, 1.165) is 38.5 Å². The van der Waals surface area contributed by atoms with Gasteiger partial charge in [0.25, 0.3) is 0 Å². The second-order valence-corrected chi connectivity index (χ2v) is 26.0. The Hall–Kier alpha value is -2.18. The van der Waals surface area contributed by atoms with Crippen LogP contribution in [0.5, 0.6) is 0 Å². The number of hydrogen-bond donors (Lipinski definition) is 22. The molecule has 5 aliphatic heterocycles. The van der Waals surface area contributed by atoms with Crippen LogP contribution in [0.2, 0.25) is 0 Å². The molecule has 5 saturated heterocycles. The molecule has 0 aromatic carbocycles. The summed E-state index contributed by atoms with van der Waals surface area (Å²) in [7, 11) is -5.73. The van der Waals surface area contributed by atoms with Gasteiger partial charge in [-0.1, -0.05) is 69.8 Å². The van der Waals surface area contributed by atoms with Gasteiger partial charge >= 0.3 is 13.8 Å². The lowest BCUT2D eigenvalue weighted by atomic mass is 9.84. The molecule has 6 rings (SSSR count). The Balaban J connectivity index is 1.06. The van der Waals surface area contributed by atoms with Crippen molar-refractivity contribution in [1.29, 1.82) is 0 Å². The monoisotopic (exact) mass is 1420 g/mol. The maximum Gasteiger partial charge on any atom is 0.472 e. The number of esters is 1. The Kier molecular flexibility index (Phi) is 34.5. The number of hydrogen-bond acceptors (Lipinski definition) is 36. The van der Waals surface area contributed by atoms with Gasteiger partial charge in [-0.05, 0) is 38.5 Å². The van der Waals surface area contributed by atoms with Crippen LogP contribution < -0.4 is 0 Å². The third-order valence-corrected chi connectivity index (χ3v) is 18.3. The summed E-state index contributed by atoms with van der Waals surface area (Å²) in [5.74, 6) is -0.706. The lowest BCUT2D eigenvalue weighted by Gasteiger charge is -2.49. The Morgan fingerprint density at radius 1 is 0.417 bits per heavy atom. The maximum absolute atomic E-state index is 13.8. The van der Waals surface area contributed by atoms with Crippen molar-refractivity contribution in [3.63, 3.8) is 0 Å². The standard InChI is InChI=1S/C58H101O37P/c1-2-3-4-5-6-7-8-9-10-11-12-13-14-15-16-17-18-32(62)83-21-26(61)22-87-96(81,82)95-53-51(93-57-49(79)39(69)34(64)28(20-60)89-57)44(74)43(73)45(75)52(53)94-58-50(80)42(72)37(67)31(92-58)25-86-56-48(78)41(71)36(66)30(91-56)24-85-55-47(77)40(70)35(65)29(90-55)23-84-54-46(76)38(68)33(63)27(19-59)88-54/h7-8,10-11,26-31,33-61,63-80H,2-6,9,12-25H2,1H3,(H,81,82)/b8-7-,11-10-/t26-,27?,28?,29?,30?,31?,33+,34-,35+,36+,37+,38?,39?,40?,41?,42?,43+,44?,45?,46+,47+,48+,49-,50+,51-,52?,53+,54-,55-,56-,57-,58+/m1/s1. The molecule has 38 heteroatoms. The zero-order valence-corrected chi connectivity index (χ0v) is 53.7. The second kappa shape index (κ2) is 40.0. The Morgan fingerprint density at radius 2 is 0.760 bits per heavy atom. The summed E-state index contributed by atoms with van der Waals surface area (Å²) in [5.41, 5.74) is 0. The van der Waals surface area contributed by atoms with Crippen LogP contribution in [0, 0.1) is 0 Å². The van der Waals surface area contributed by atoms with E-state index < -0.39 is 256 Å². The smallest absolute Gasteiger partial charge is 0.463 e. The van der Waals surface area contributed by atoms with Crippen molar-refractivity contribution in [3.05, 3.63) is 24.3 Å². The molecule has 96 heavy (non-hydrogen) atoms. The Bertz CT molecular complexity index is 2330. The molecule has 0 aromatic heterocycles. The quantitative estimate of drug-likeness (QED) is 0.0119. The largest absolute Gasteiger partial charge is 0.472 e. The van der Waals surface area contributed by atoms with Crippen molar-refractivity contribution >= 4 is 13.8 Å². The van der Waals surface area contributed by atoms with Gasteiger partial charge in [0.05, 0.1) is 39.6 Å². The number of unbranched alkanes of at least 4 members (excludes halogenated alkanes) is 9. The van der Waals surface area contributed by atoms with Crippen LogP contribution in [-0.4, -0.2) is 361 Å². The average molecular weight is 1420 g/mol. The molecule has 5 heterocycles. The van der Waals surface area contributed by atoms with Crippen molar-refractivity contribution in [2.24, 2.45) is 0 Å². The molecular formula is C58H101O37P. The maximum atomic E-state index is 13.8. The van der Waals surface area contributed by atoms with Crippen molar-refractivity contribution in [2.75, 3.05) is 46.2 Å². The van der Waals surface area contributed by atoms with E-state index in [1.807, 2.05) is 0 Å². The van der Waals surface area contributed by atoms with Gasteiger partial charge in [-0.25, -0.2) is 4.57 Å². The van der Waals surface area contributed by atoms with Crippen LogP contribution in [0.1, 0.15) is 90.4 Å². The summed E-state index contributed by atoms with van der Waals surface area (Å²) >= 11 is 0. The first-order chi connectivity index (χ1) is 45.6. The SMILES string of the molecule is CCCCCC/C=C\C/C=C\CCCCCCCC(=O)OC[C@@H](O)COP(=O)(O)O[C@@H]1C(O[C@@H]2OC(CO[C@@H]3OC(CO[C@@H]4OC(CO[C@@H]5OC(CO)[C@H](O)C(O)[C@@H]5O)[C@H](O)C(O)[C@@H]4O)[C@H](O)C(O)[C@@H]3O)[C@H](O)C(O)[C@@H]2O)C(O)[C@@H](O)C(O)[C@H]1O[C@H]1OC(CO)[C@@H](O)C(O)[C@H]1O. The van der Waals surface area contributed by atoms with E-state index in [4.69, 9.17) is 61.2 Å². The minimum absolute atomic E-state index is 0.0151. The predicted molar refractivity (Wildman–Crippen MR) is 315 cm³/mol. The molecule has 0 amide bonds. The van der Waals surface area contributed by atoms with Crippen LogP contribution >= 0.6 is 7.82 Å². The molecule has 6 aliphatic rings. The highest BCUT2D eigenvalue weighted by Gasteiger charge is 2.59. The number of allylic oxidation sites excluding steroid dienone is 4. The first-order valence-corrected chi connectivity index (χ1v) is 33.8. The summed E-state index contributed by atoms with van der Waals surface area (Å²) in [6, 6.07) is 0. The van der Waals surface area contributed by atoms with Gasteiger partial charge in [-0.3, -0.25) is 13.8 Å². The summed E-state index contributed by atoms with van der Waals surface area (Å²) in [4.78, 5) is 23.6. The number of carbonyl (C=O) groups is 1.